The molecular weight excluding hydrogens is 368 g/mol. The molecule has 3 heterocycles. The van der Waals surface area contributed by atoms with Gasteiger partial charge in [-0.15, -0.1) is 0 Å². The molecule has 0 fully saturated rings. The van der Waals surface area contributed by atoms with Crippen molar-refractivity contribution in [1.82, 2.24) is 19.9 Å². The van der Waals surface area contributed by atoms with Gasteiger partial charge in [0, 0.05) is 11.9 Å². The van der Waals surface area contributed by atoms with Crippen molar-refractivity contribution in [2.24, 2.45) is 0 Å². The molecule has 0 bridgehead atoms. The van der Waals surface area contributed by atoms with Crippen LogP contribution in [0.1, 0.15) is 52.8 Å². The average molecular weight is 390 g/mol. The van der Waals surface area contributed by atoms with E-state index in [9.17, 15) is 4.79 Å². The Bertz CT molecular complexity index is 1170. The fraction of sp³-hybridized carbons (Fsp3) is 0.273. The van der Waals surface area contributed by atoms with Gasteiger partial charge in [0.25, 0.3) is 5.71 Å². The van der Waals surface area contributed by atoms with Crippen LogP contribution in [-0.2, 0) is 11.3 Å². The van der Waals surface area contributed by atoms with Gasteiger partial charge >= 0.3 is 5.97 Å². The van der Waals surface area contributed by atoms with Crippen molar-refractivity contribution < 1.29 is 14.1 Å². The van der Waals surface area contributed by atoms with Gasteiger partial charge in [-0.3, -0.25) is 0 Å². The van der Waals surface area contributed by atoms with E-state index >= 15 is 0 Å². The summed E-state index contributed by atoms with van der Waals surface area (Å²) in [6.07, 6.45) is 1.45. The van der Waals surface area contributed by atoms with Gasteiger partial charge in [0.05, 0.1) is 28.0 Å². The number of esters is 1. The van der Waals surface area contributed by atoms with Crippen molar-refractivity contribution in [3.8, 4) is 5.69 Å². The zero-order chi connectivity index (χ0) is 20.5. The highest BCUT2D eigenvalue weighted by molar-refractivity contribution is 5.93. The lowest BCUT2D eigenvalue weighted by molar-refractivity contribution is 0.0472. The molecular formula is C22H22N4O3. The summed E-state index contributed by atoms with van der Waals surface area (Å²) in [6, 6.07) is 11.5. The fourth-order valence-corrected chi connectivity index (χ4v) is 3.23. The van der Waals surface area contributed by atoms with Gasteiger partial charge < -0.3 is 9.26 Å². The van der Waals surface area contributed by atoms with Crippen LogP contribution in [0.2, 0.25) is 0 Å². The van der Waals surface area contributed by atoms with Crippen molar-refractivity contribution in [3.63, 3.8) is 0 Å². The number of benzene rings is 1. The minimum atomic E-state index is -0.432. The average Bonchev–Trinajstić information content (AvgIpc) is 3.28. The van der Waals surface area contributed by atoms with E-state index in [0.29, 0.717) is 11.3 Å². The van der Waals surface area contributed by atoms with Crippen LogP contribution < -0.4 is 0 Å². The molecule has 0 atom stereocenters. The molecule has 29 heavy (non-hydrogen) atoms. The molecule has 0 saturated carbocycles. The maximum absolute atomic E-state index is 12.5. The lowest BCUT2D eigenvalue weighted by Gasteiger charge is -2.08. The Labute approximate surface area is 168 Å². The molecule has 0 aliphatic heterocycles. The Morgan fingerprint density at radius 2 is 1.93 bits per heavy atom. The molecule has 1 aromatic carbocycles. The van der Waals surface area contributed by atoms with Crippen LogP contribution >= 0.6 is 0 Å². The molecule has 0 aliphatic rings. The highest BCUT2D eigenvalue weighted by Gasteiger charge is 2.16. The van der Waals surface area contributed by atoms with E-state index in [0.717, 1.165) is 33.7 Å². The molecule has 7 nitrogen and oxygen atoms in total. The summed E-state index contributed by atoms with van der Waals surface area (Å²) in [7, 11) is 0. The highest BCUT2D eigenvalue weighted by atomic mass is 16.5. The van der Waals surface area contributed by atoms with Gasteiger partial charge in [0.1, 0.15) is 6.61 Å². The molecule has 3 aromatic heterocycles. The molecule has 0 unspecified atom stereocenters. The second-order valence-electron chi connectivity index (χ2n) is 7.38. The predicted molar refractivity (Wildman–Crippen MR) is 108 cm³/mol. The first-order valence-electron chi connectivity index (χ1n) is 9.47. The summed E-state index contributed by atoms with van der Waals surface area (Å²) in [5.74, 6) is -0.261. The molecule has 4 aromatic rings. The zero-order valence-corrected chi connectivity index (χ0v) is 16.8. The first-order valence-corrected chi connectivity index (χ1v) is 9.47. The minimum absolute atomic E-state index is 0.171. The van der Waals surface area contributed by atoms with Crippen molar-refractivity contribution >= 4 is 17.1 Å². The predicted octanol–water partition coefficient (Wildman–Crippen LogP) is 4.51. The number of nitrogens with zero attached hydrogens (tertiary/aromatic N) is 4. The van der Waals surface area contributed by atoms with Gasteiger partial charge in [0.15, 0.2) is 0 Å². The summed E-state index contributed by atoms with van der Waals surface area (Å²) in [6.45, 7) is 8.18. The molecule has 0 amide bonds. The van der Waals surface area contributed by atoms with Gasteiger partial charge in [-0.1, -0.05) is 31.1 Å². The summed E-state index contributed by atoms with van der Waals surface area (Å²) >= 11 is 0. The third-order valence-electron chi connectivity index (χ3n) is 4.70. The highest BCUT2D eigenvalue weighted by Crippen LogP contribution is 2.24. The second kappa shape index (κ2) is 7.50. The number of ether oxygens (including phenoxy) is 1. The van der Waals surface area contributed by atoms with E-state index in [1.54, 1.807) is 6.07 Å². The molecule has 0 N–H and O–H groups in total. The fourth-order valence-electron chi connectivity index (χ4n) is 3.23. The van der Waals surface area contributed by atoms with Crippen molar-refractivity contribution in [1.29, 1.82) is 0 Å². The molecule has 4 rings (SSSR count). The molecule has 7 heteroatoms. The maximum Gasteiger partial charge on any atom is 0.340 e. The van der Waals surface area contributed by atoms with Crippen molar-refractivity contribution in [2.45, 2.75) is 40.2 Å². The Kier molecular flexibility index (Phi) is 4.88. The third kappa shape index (κ3) is 3.76. The van der Waals surface area contributed by atoms with Gasteiger partial charge in [-0.25, -0.2) is 14.5 Å². The molecule has 0 radical (unpaired) electrons. The normalized spacial score (nSPS) is 11.3. The quantitative estimate of drug-likeness (QED) is 0.466. The maximum atomic E-state index is 12.5. The Balaban J connectivity index is 1.46. The summed E-state index contributed by atoms with van der Waals surface area (Å²) in [4.78, 5) is 16.6. The van der Waals surface area contributed by atoms with Gasteiger partial charge in [-0.05, 0) is 49.6 Å². The van der Waals surface area contributed by atoms with Crippen LogP contribution in [0, 0.1) is 13.8 Å². The molecule has 148 valence electrons. The second-order valence-corrected chi connectivity index (χ2v) is 7.38. The van der Waals surface area contributed by atoms with Gasteiger partial charge in [-0.2, -0.15) is 5.10 Å². The number of carbonyl (C=O) groups is 1. The molecule has 0 spiro atoms. The van der Waals surface area contributed by atoms with Crippen LogP contribution in [-0.4, -0.2) is 25.9 Å². The monoisotopic (exact) mass is 390 g/mol. The van der Waals surface area contributed by atoms with E-state index in [2.05, 4.69) is 15.2 Å². The Morgan fingerprint density at radius 3 is 2.59 bits per heavy atom. The number of aromatic nitrogens is 4. The van der Waals surface area contributed by atoms with E-state index in [-0.39, 0.29) is 12.5 Å². The summed E-state index contributed by atoms with van der Waals surface area (Å²) in [5.41, 5.74) is 5.48. The van der Waals surface area contributed by atoms with Crippen LogP contribution in [0.5, 0.6) is 0 Å². The zero-order valence-electron chi connectivity index (χ0n) is 16.8. The van der Waals surface area contributed by atoms with Crippen molar-refractivity contribution in [2.75, 3.05) is 0 Å². The topological polar surface area (TPSA) is 83.0 Å². The Hall–Kier alpha value is -3.48. The molecule has 0 aliphatic carbocycles. The lowest BCUT2D eigenvalue weighted by Crippen LogP contribution is -2.06. The minimum Gasteiger partial charge on any atom is -0.457 e. The largest absolute Gasteiger partial charge is 0.457 e. The first-order chi connectivity index (χ1) is 13.9. The lowest BCUT2D eigenvalue weighted by atomic mass is 10.1. The number of carbonyl (C=O) groups excluding carboxylic acids is 1. The third-order valence-corrected chi connectivity index (χ3v) is 4.70. The standard InChI is InChI=1S/C22H22N4O3/c1-13(2)20-19-10-17(11-23-21(19)29-25-20)22(27)28-12-16-5-7-18(8-6-16)26-15(4)9-14(3)24-26/h5-11,13H,12H2,1-4H3. The number of fused-ring (bicyclic) bond motifs is 1. The first kappa shape index (κ1) is 18.9. The number of rotatable bonds is 5. The van der Waals surface area contributed by atoms with E-state index in [1.807, 2.05) is 62.7 Å². The van der Waals surface area contributed by atoms with Crippen LogP contribution in [0.4, 0.5) is 0 Å². The molecule has 0 saturated heterocycles. The van der Waals surface area contributed by atoms with Crippen LogP contribution in [0.3, 0.4) is 0 Å². The van der Waals surface area contributed by atoms with E-state index < -0.39 is 5.97 Å². The van der Waals surface area contributed by atoms with E-state index in [1.165, 1.54) is 6.20 Å². The number of hydrogen-bond acceptors (Lipinski definition) is 6. The number of hydrogen-bond donors (Lipinski definition) is 0. The SMILES string of the molecule is Cc1cc(C)n(-c2ccc(COC(=O)c3cnc4onc(C(C)C)c4c3)cc2)n1. The number of pyridine rings is 1. The number of aryl methyl sites for hydroxylation is 2. The Morgan fingerprint density at radius 1 is 1.17 bits per heavy atom. The van der Waals surface area contributed by atoms with Gasteiger partial charge in [0.2, 0.25) is 0 Å². The summed E-state index contributed by atoms with van der Waals surface area (Å²) < 4.78 is 12.6. The van der Waals surface area contributed by atoms with Crippen LogP contribution in [0.25, 0.3) is 16.8 Å². The van der Waals surface area contributed by atoms with Crippen LogP contribution in [0.15, 0.2) is 47.1 Å². The summed E-state index contributed by atoms with van der Waals surface area (Å²) in [5, 5.41) is 9.25. The van der Waals surface area contributed by atoms with E-state index in [4.69, 9.17) is 9.26 Å². The smallest absolute Gasteiger partial charge is 0.340 e. The van der Waals surface area contributed by atoms with Crippen molar-refractivity contribution in [3.05, 3.63) is 70.8 Å².